The average Bonchev–Trinajstić information content (AvgIpc) is 2.69. The second kappa shape index (κ2) is 7.38. The Labute approximate surface area is 121 Å². The van der Waals surface area contributed by atoms with Gasteiger partial charge in [0.05, 0.1) is 5.75 Å². The van der Waals surface area contributed by atoms with Gasteiger partial charge < -0.3 is 10.1 Å². The molecule has 1 heterocycles. The van der Waals surface area contributed by atoms with Crippen molar-refractivity contribution in [3.8, 4) is 0 Å². The molecule has 2 unspecified atom stereocenters. The molecular weight excluding hydrogens is 280 g/mol. The van der Waals surface area contributed by atoms with Crippen LogP contribution in [0.2, 0.25) is 0 Å². The number of amides is 1. The van der Waals surface area contributed by atoms with E-state index in [9.17, 15) is 13.2 Å². The number of hydrogen-bond donors (Lipinski definition) is 1. The van der Waals surface area contributed by atoms with Gasteiger partial charge in [0.2, 0.25) is 5.91 Å². The number of carbonyl (C=O) groups is 1. The van der Waals surface area contributed by atoms with E-state index in [1.807, 2.05) is 0 Å². The number of ether oxygens (including phenoxy) is 1. The number of nitrogens with one attached hydrogen (secondary N) is 1. The Hall–Kier alpha value is -0.660. The van der Waals surface area contributed by atoms with Crippen LogP contribution in [0.1, 0.15) is 13.8 Å². The summed E-state index contributed by atoms with van der Waals surface area (Å²) in [6, 6.07) is 0.0669. The van der Waals surface area contributed by atoms with Crippen molar-refractivity contribution in [3.05, 3.63) is 0 Å². The monoisotopic (exact) mass is 306 g/mol. The lowest BCUT2D eigenvalue weighted by molar-refractivity contribution is -0.125. The quantitative estimate of drug-likeness (QED) is 0.702. The average molecular weight is 306 g/mol. The van der Waals surface area contributed by atoms with Crippen molar-refractivity contribution in [1.29, 1.82) is 0 Å². The molecule has 0 aromatic rings. The van der Waals surface area contributed by atoms with E-state index in [1.165, 1.54) is 13.4 Å². The highest BCUT2D eigenvalue weighted by Gasteiger charge is 2.35. The molecule has 2 atom stereocenters. The molecule has 0 aromatic heterocycles. The van der Waals surface area contributed by atoms with E-state index < -0.39 is 9.84 Å². The maximum absolute atomic E-state index is 11.6. The molecule has 0 radical (unpaired) electrons. The molecule has 6 nitrogen and oxygen atoms in total. The molecule has 1 amide bonds. The molecule has 1 fully saturated rings. The van der Waals surface area contributed by atoms with Gasteiger partial charge in [-0.05, 0) is 11.8 Å². The van der Waals surface area contributed by atoms with Crippen LogP contribution in [-0.4, -0.2) is 70.6 Å². The standard InChI is InChI=1S/C13H26N2O4S/c1-10(2)11-7-15(5-6-20(4,17)18)8-12(11)14-13(16)9-19-3/h10-12H,5-9H2,1-4H3,(H,14,16). The molecule has 0 saturated carbocycles. The number of sulfone groups is 1. The Balaban J connectivity index is 2.57. The van der Waals surface area contributed by atoms with E-state index in [2.05, 4.69) is 24.1 Å². The molecule has 1 N–H and O–H groups in total. The van der Waals surface area contributed by atoms with Crippen LogP contribution >= 0.6 is 0 Å². The Morgan fingerprint density at radius 1 is 1.40 bits per heavy atom. The predicted molar refractivity (Wildman–Crippen MR) is 78.3 cm³/mol. The fourth-order valence-electron chi connectivity index (χ4n) is 2.60. The van der Waals surface area contributed by atoms with Crippen molar-refractivity contribution in [2.45, 2.75) is 19.9 Å². The van der Waals surface area contributed by atoms with Crippen molar-refractivity contribution < 1.29 is 17.9 Å². The fraction of sp³-hybridized carbons (Fsp3) is 0.923. The van der Waals surface area contributed by atoms with Crippen LogP contribution in [0, 0.1) is 11.8 Å². The first-order valence-electron chi connectivity index (χ1n) is 6.91. The minimum absolute atomic E-state index is 0.0602. The third kappa shape index (κ3) is 5.76. The largest absolute Gasteiger partial charge is 0.375 e. The number of carbonyl (C=O) groups excluding carboxylic acids is 1. The summed E-state index contributed by atoms with van der Waals surface area (Å²) in [5.74, 6) is 0.825. The van der Waals surface area contributed by atoms with E-state index in [0.717, 1.165) is 6.54 Å². The molecule has 20 heavy (non-hydrogen) atoms. The molecule has 0 bridgehead atoms. The zero-order valence-electron chi connectivity index (χ0n) is 12.8. The maximum atomic E-state index is 11.6. The van der Waals surface area contributed by atoms with Crippen LogP contribution in [0.15, 0.2) is 0 Å². The van der Waals surface area contributed by atoms with Crippen molar-refractivity contribution in [1.82, 2.24) is 10.2 Å². The van der Waals surface area contributed by atoms with Gasteiger partial charge in [-0.25, -0.2) is 8.42 Å². The van der Waals surface area contributed by atoms with Gasteiger partial charge in [0.15, 0.2) is 0 Å². The molecule has 1 aliphatic rings. The van der Waals surface area contributed by atoms with Crippen LogP contribution in [0.25, 0.3) is 0 Å². The zero-order valence-corrected chi connectivity index (χ0v) is 13.6. The van der Waals surface area contributed by atoms with Crippen LogP contribution in [0.5, 0.6) is 0 Å². The van der Waals surface area contributed by atoms with Crippen molar-refractivity contribution in [2.75, 3.05) is 45.4 Å². The zero-order chi connectivity index (χ0) is 15.3. The fourth-order valence-corrected chi connectivity index (χ4v) is 3.19. The lowest BCUT2D eigenvalue weighted by atomic mass is 9.91. The highest BCUT2D eigenvalue weighted by atomic mass is 32.2. The molecule has 1 rings (SSSR count). The molecule has 1 saturated heterocycles. The second-order valence-corrected chi connectivity index (χ2v) is 8.16. The van der Waals surface area contributed by atoms with Crippen LogP contribution < -0.4 is 5.32 Å². The molecule has 1 aliphatic heterocycles. The maximum Gasteiger partial charge on any atom is 0.246 e. The highest BCUT2D eigenvalue weighted by molar-refractivity contribution is 7.90. The molecule has 0 aromatic carbocycles. The molecular formula is C13H26N2O4S. The highest BCUT2D eigenvalue weighted by Crippen LogP contribution is 2.24. The normalized spacial score (nSPS) is 24.2. The summed E-state index contributed by atoms with van der Waals surface area (Å²) in [6.07, 6.45) is 1.25. The van der Waals surface area contributed by atoms with Crippen LogP contribution in [0.3, 0.4) is 0 Å². The number of hydrogen-bond acceptors (Lipinski definition) is 5. The summed E-state index contributed by atoms with van der Waals surface area (Å²) < 4.78 is 27.3. The topological polar surface area (TPSA) is 75.7 Å². The smallest absolute Gasteiger partial charge is 0.246 e. The Morgan fingerprint density at radius 2 is 2.05 bits per heavy atom. The minimum Gasteiger partial charge on any atom is -0.375 e. The van der Waals surface area contributed by atoms with Crippen molar-refractivity contribution >= 4 is 15.7 Å². The lowest BCUT2D eigenvalue weighted by Gasteiger charge is -2.22. The van der Waals surface area contributed by atoms with E-state index in [-0.39, 0.29) is 24.3 Å². The van der Waals surface area contributed by atoms with E-state index >= 15 is 0 Å². The van der Waals surface area contributed by atoms with Crippen molar-refractivity contribution in [3.63, 3.8) is 0 Å². The Bertz CT molecular complexity index is 422. The molecule has 0 aliphatic carbocycles. The summed E-state index contributed by atoms with van der Waals surface area (Å²) in [5.41, 5.74) is 0. The summed E-state index contributed by atoms with van der Waals surface area (Å²) in [6.45, 7) is 6.36. The van der Waals surface area contributed by atoms with E-state index in [4.69, 9.17) is 4.74 Å². The Morgan fingerprint density at radius 3 is 2.55 bits per heavy atom. The van der Waals surface area contributed by atoms with Crippen molar-refractivity contribution in [2.24, 2.45) is 11.8 Å². The van der Waals surface area contributed by atoms with E-state index in [0.29, 0.717) is 24.9 Å². The summed E-state index contributed by atoms with van der Waals surface area (Å²) in [7, 11) is -1.45. The summed E-state index contributed by atoms with van der Waals surface area (Å²) in [4.78, 5) is 13.8. The van der Waals surface area contributed by atoms with Gasteiger partial charge in [0.25, 0.3) is 0 Å². The van der Waals surface area contributed by atoms with Gasteiger partial charge in [-0.1, -0.05) is 13.8 Å². The van der Waals surface area contributed by atoms with Gasteiger partial charge in [-0.2, -0.15) is 0 Å². The number of rotatable bonds is 7. The lowest BCUT2D eigenvalue weighted by Crippen LogP contribution is -2.43. The second-order valence-electron chi connectivity index (χ2n) is 5.90. The summed E-state index contributed by atoms with van der Waals surface area (Å²) in [5, 5.41) is 2.98. The molecule has 0 spiro atoms. The molecule has 118 valence electrons. The van der Waals surface area contributed by atoms with Gasteiger partial charge >= 0.3 is 0 Å². The van der Waals surface area contributed by atoms with Gasteiger partial charge in [-0.15, -0.1) is 0 Å². The van der Waals surface area contributed by atoms with Gasteiger partial charge in [0, 0.05) is 39.0 Å². The number of nitrogens with zero attached hydrogens (tertiary/aromatic N) is 1. The third-order valence-corrected chi connectivity index (χ3v) is 4.62. The van der Waals surface area contributed by atoms with Gasteiger partial charge in [0.1, 0.15) is 16.4 Å². The predicted octanol–water partition coefficient (Wildman–Crippen LogP) is -0.250. The van der Waals surface area contributed by atoms with E-state index in [1.54, 1.807) is 0 Å². The third-order valence-electron chi connectivity index (χ3n) is 3.70. The SMILES string of the molecule is COCC(=O)NC1CN(CCS(C)(=O)=O)CC1C(C)C. The number of likely N-dealkylation sites (tertiary alicyclic amines) is 1. The first kappa shape index (κ1) is 17.4. The van der Waals surface area contributed by atoms with Crippen LogP contribution in [0.4, 0.5) is 0 Å². The number of methoxy groups -OCH3 is 1. The summed E-state index contributed by atoms with van der Waals surface area (Å²) >= 11 is 0. The van der Waals surface area contributed by atoms with Crippen LogP contribution in [-0.2, 0) is 19.4 Å². The first-order chi connectivity index (χ1) is 9.23. The minimum atomic E-state index is -2.95. The Kier molecular flexibility index (Phi) is 6.42. The first-order valence-corrected chi connectivity index (χ1v) is 8.97. The van der Waals surface area contributed by atoms with Gasteiger partial charge in [-0.3, -0.25) is 9.69 Å². The molecule has 7 heteroatoms.